The van der Waals surface area contributed by atoms with Gasteiger partial charge in [0.25, 0.3) is 0 Å². The molecule has 22 heavy (non-hydrogen) atoms. The van der Waals surface area contributed by atoms with Gasteiger partial charge in [0, 0.05) is 0 Å². The van der Waals surface area contributed by atoms with Crippen LogP contribution in [0.3, 0.4) is 0 Å². The van der Waals surface area contributed by atoms with Gasteiger partial charge in [0.05, 0.1) is 12.7 Å². The van der Waals surface area contributed by atoms with E-state index in [4.69, 9.17) is 9.15 Å². The number of esters is 2. The van der Waals surface area contributed by atoms with Crippen molar-refractivity contribution in [3.05, 3.63) is 58.0 Å². The van der Waals surface area contributed by atoms with Crippen molar-refractivity contribution in [1.82, 2.24) is 0 Å². The van der Waals surface area contributed by atoms with E-state index in [1.165, 1.54) is 13.2 Å². The topological polar surface area (TPSA) is 65.7 Å². The zero-order valence-corrected chi connectivity index (χ0v) is 13.1. The molecule has 0 N–H and O–H groups in total. The highest BCUT2D eigenvalue weighted by Crippen LogP contribution is 2.18. The van der Waals surface area contributed by atoms with Crippen molar-refractivity contribution in [3.63, 3.8) is 0 Å². The van der Waals surface area contributed by atoms with Crippen LogP contribution in [0.25, 0.3) is 0 Å². The van der Waals surface area contributed by atoms with E-state index in [-0.39, 0.29) is 12.4 Å². The molecule has 0 aliphatic carbocycles. The Hall–Kier alpha value is -2.56. The quantitative estimate of drug-likeness (QED) is 0.810. The van der Waals surface area contributed by atoms with Crippen molar-refractivity contribution < 1.29 is 23.5 Å². The Morgan fingerprint density at radius 2 is 1.68 bits per heavy atom. The van der Waals surface area contributed by atoms with E-state index >= 15 is 0 Å². The Balaban J connectivity index is 2.07. The molecule has 0 saturated carbocycles. The normalized spacial score (nSPS) is 10.4. The van der Waals surface area contributed by atoms with E-state index in [2.05, 4.69) is 4.74 Å². The molecule has 0 atom stereocenters. The Kier molecular flexibility index (Phi) is 4.65. The highest BCUT2D eigenvalue weighted by atomic mass is 16.5. The van der Waals surface area contributed by atoms with Crippen LogP contribution >= 0.6 is 0 Å². The van der Waals surface area contributed by atoms with Gasteiger partial charge in [-0.05, 0) is 44.0 Å². The van der Waals surface area contributed by atoms with Crippen molar-refractivity contribution in [2.45, 2.75) is 27.4 Å². The smallest absolute Gasteiger partial charge is 0.373 e. The molecule has 116 valence electrons. The van der Waals surface area contributed by atoms with Gasteiger partial charge in [0.2, 0.25) is 5.76 Å². The molecule has 0 radical (unpaired) electrons. The predicted octanol–water partition coefficient (Wildman–Crippen LogP) is 3.35. The van der Waals surface area contributed by atoms with Gasteiger partial charge >= 0.3 is 11.9 Å². The first-order valence-corrected chi connectivity index (χ1v) is 6.84. The van der Waals surface area contributed by atoms with Crippen LogP contribution in [-0.2, 0) is 16.1 Å². The van der Waals surface area contributed by atoms with Gasteiger partial charge in [-0.25, -0.2) is 9.59 Å². The highest BCUT2D eigenvalue weighted by Gasteiger charge is 2.16. The van der Waals surface area contributed by atoms with E-state index in [0.29, 0.717) is 11.3 Å². The molecule has 0 aliphatic rings. The summed E-state index contributed by atoms with van der Waals surface area (Å²) in [5.41, 5.74) is 3.40. The molecule has 1 aromatic carbocycles. The Labute approximate surface area is 128 Å². The average Bonchev–Trinajstić information content (AvgIpc) is 2.92. The predicted molar refractivity (Wildman–Crippen MR) is 79.8 cm³/mol. The molecule has 0 aliphatic heterocycles. The maximum Gasteiger partial charge on any atom is 0.373 e. The van der Waals surface area contributed by atoms with Gasteiger partial charge in [-0.3, -0.25) is 0 Å². The lowest BCUT2D eigenvalue weighted by Crippen LogP contribution is -2.09. The number of benzene rings is 1. The first-order valence-electron chi connectivity index (χ1n) is 6.84. The summed E-state index contributed by atoms with van der Waals surface area (Å²) in [5, 5.41) is 0. The van der Waals surface area contributed by atoms with E-state index in [1.807, 2.05) is 32.9 Å². The second kappa shape index (κ2) is 6.47. The molecule has 2 aromatic rings. The van der Waals surface area contributed by atoms with Crippen LogP contribution in [0.1, 0.15) is 43.4 Å². The van der Waals surface area contributed by atoms with Crippen LogP contribution in [0.5, 0.6) is 0 Å². The lowest BCUT2D eigenvalue weighted by Gasteiger charge is -2.10. The minimum Gasteiger partial charge on any atom is -0.463 e. The molecule has 1 aromatic heterocycles. The number of ether oxygens (including phenoxy) is 2. The average molecular weight is 302 g/mol. The second-order valence-electron chi connectivity index (χ2n) is 5.11. The number of rotatable bonds is 4. The number of aryl methyl sites for hydroxylation is 3. The minimum atomic E-state index is -0.567. The van der Waals surface area contributed by atoms with Crippen LogP contribution in [0.15, 0.2) is 28.7 Å². The summed E-state index contributed by atoms with van der Waals surface area (Å²) in [4.78, 5) is 23.5. The number of furan rings is 1. The Morgan fingerprint density at radius 3 is 2.27 bits per heavy atom. The van der Waals surface area contributed by atoms with E-state index < -0.39 is 11.9 Å². The molecule has 5 nitrogen and oxygen atoms in total. The van der Waals surface area contributed by atoms with Gasteiger partial charge < -0.3 is 13.9 Å². The van der Waals surface area contributed by atoms with Crippen molar-refractivity contribution in [3.8, 4) is 0 Å². The van der Waals surface area contributed by atoms with E-state index in [9.17, 15) is 9.59 Å². The van der Waals surface area contributed by atoms with Gasteiger partial charge in [-0.15, -0.1) is 0 Å². The van der Waals surface area contributed by atoms with Crippen LogP contribution in [-0.4, -0.2) is 19.0 Å². The summed E-state index contributed by atoms with van der Waals surface area (Å²) in [6, 6.07) is 6.93. The molecular weight excluding hydrogens is 284 g/mol. The molecule has 5 heteroatoms. The van der Waals surface area contributed by atoms with Crippen LogP contribution in [0.4, 0.5) is 0 Å². The summed E-state index contributed by atoms with van der Waals surface area (Å²) < 4.78 is 15.1. The van der Waals surface area contributed by atoms with Crippen molar-refractivity contribution >= 4 is 11.9 Å². The molecule has 0 amide bonds. The first-order chi connectivity index (χ1) is 10.4. The molecule has 0 unspecified atom stereocenters. The number of methoxy groups -OCH3 is 1. The van der Waals surface area contributed by atoms with Gasteiger partial charge in [-0.1, -0.05) is 17.7 Å². The maximum absolute atomic E-state index is 12.2. The van der Waals surface area contributed by atoms with E-state index in [1.54, 1.807) is 6.07 Å². The zero-order chi connectivity index (χ0) is 16.3. The lowest BCUT2D eigenvalue weighted by atomic mass is 10.00. The number of hydrogen-bond donors (Lipinski definition) is 0. The molecular formula is C17H18O5. The van der Waals surface area contributed by atoms with Crippen molar-refractivity contribution in [2.75, 3.05) is 7.11 Å². The fraction of sp³-hybridized carbons (Fsp3) is 0.294. The number of hydrogen-bond acceptors (Lipinski definition) is 5. The fourth-order valence-electron chi connectivity index (χ4n) is 2.38. The Bertz CT molecular complexity index is 689. The van der Waals surface area contributed by atoms with Crippen LogP contribution < -0.4 is 0 Å². The second-order valence-corrected chi connectivity index (χ2v) is 5.11. The van der Waals surface area contributed by atoms with Crippen LogP contribution in [0, 0.1) is 20.8 Å². The van der Waals surface area contributed by atoms with Gasteiger partial charge in [-0.2, -0.15) is 0 Å². The summed E-state index contributed by atoms with van der Waals surface area (Å²) >= 11 is 0. The monoisotopic (exact) mass is 302 g/mol. The van der Waals surface area contributed by atoms with Crippen molar-refractivity contribution in [2.24, 2.45) is 0 Å². The van der Waals surface area contributed by atoms with E-state index in [0.717, 1.165) is 16.7 Å². The highest BCUT2D eigenvalue weighted by molar-refractivity contribution is 5.92. The SMILES string of the molecule is COC(=O)c1ccc(COC(=O)c2c(C)cc(C)cc2C)o1. The third-order valence-corrected chi connectivity index (χ3v) is 3.27. The zero-order valence-electron chi connectivity index (χ0n) is 13.1. The first kappa shape index (κ1) is 15.8. The van der Waals surface area contributed by atoms with Gasteiger partial charge in [0.15, 0.2) is 0 Å². The summed E-state index contributed by atoms with van der Waals surface area (Å²) in [5.74, 6) is -0.513. The number of carbonyl (C=O) groups is 2. The summed E-state index contributed by atoms with van der Waals surface area (Å²) in [6.07, 6.45) is 0. The minimum absolute atomic E-state index is 0.0391. The third kappa shape index (κ3) is 3.36. The molecule has 0 fully saturated rings. The Morgan fingerprint density at radius 1 is 1.05 bits per heavy atom. The molecule has 2 rings (SSSR count). The third-order valence-electron chi connectivity index (χ3n) is 3.27. The summed E-state index contributed by atoms with van der Waals surface area (Å²) in [7, 11) is 1.27. The van der Waals surface area contributed by atoms with Crippen molar-refractivity contribution in [1.29, 1.82) is 0 Å². The molecule has 0 bridgehead atoms. The largest absolute Gasteiger partial charge is 0.463 e. The van der Waals surface area contributed by atoms with Crippen LogP contribution in [0.2, 0.25) is 0 Å². The molecule has 0 saturated heterocycles. The molecule has 0 spiro atoms. The van der Waals surface area contributed by atoms with Gasteiger partial charge in [0.1, 0.15) is 12.4 Å². The number of carbonyl (C=O) groups excluding carboxylic acids is 2. The maximum atomic E-state index is 12.2. The fourth-order valence-corrected chi connectivity index (χ4v) is 2.38. The summed E-state index contributed by atoms with van der Waals surface area (Å²) in [6.45, 7) is 5.69. The standard InChI is InChI=1S/C17H18O5/c1-10-7-11(2)15(12(3)8-10)17(19)21-9-13-5-6-14(22-13)16(18)20-4/h5-8H,9H2,1-4H3. The molecule has 1 heterocycles. The lowest BCUT2D eigenvalue weighted by molar-refractivity contribution is 0.0437.